The number of nitriles is 1. The van der Waals surface area contributed by atoms with Crippen LogP contribution in [-0.4, -0.2) is 62.5 Å². The number of nitrogens with one attached hydrogen (secondary N) is 1. The molecule has 0 bridgehead atoms. The molecule has 0 spiro atoms. The van der Waals surface area contributed by atoms with Crippen LogP contribution in [0.3, 0.4) is 0 Å². The fourth-order valence-corrected chi connectivity index (χ4v) is 6.05. The highest BCUT2D eigenvalue weighted by Crippen LogP contribution is 2.31. The quantitative estimate of drug-likeness (QED) is 0.174. The number of rotatable bonds is 9. The van der Waals surface area contributed by atoms with Crippen molar-refractivity contribution in [1.29, 1.82) is 5.26 Å². The number of hydrogen-bond donors (Lipinski definition) is 1. The molecule has 1 N–H and O–H groups in total. The van der Waals surface area contributed by atoms with Crippen LogP contribution in [0.4, 0.5) is 23.4 Å². The number of sulfonamides is 1. The molecule has 1 saturated heterocycles. The van der Waals surface area contributed by atoms with Gasteiger partial charge in [-0.05, 0) is 60.9 Å². The lowest BCUT2D eigenvalue weighted by atomic mass is 9.96. The Bertz CT molecular complexity index is 2000. The molecule has 0 aliphatic carbocycles. The number of ether oxygens (including phenoxy) is 2. The lowest BCUT2D eigenvalue weighted by Crippen LogP contribution is -2.43. The second kappa shape index (κ2) is 16.7. The molecule has 262 valence electrons. The number of alkyl halides is 4. The van der Waals surface area contributed by atoms with E-state index in [1.54, 1.807) is 23.1 Å². The first kappa shape index (κ1) is 37.2. The Balaban J connectivity index is 0.000000396. The van der Waals surface area contributed by atoms with Gasteiger partial charge in [0.05, 0.1) is 28.2 Å². The van der Waals surface area contributed by atoms with Gasteiger partial charge in [0.2, 0.25) is 5.91 Å². The van der Waals surface area contributed by atoms with Crippen LogP contribution in [0.5, 0.6) is 0 Å². The van der Waals surface area contributed by atoms with Gasteiger partial charge in [0.25, 0.3) is 16.4 Å². The molecule has 50 heavy (non-hydrogen) atoms. The predicted octanol–water partition coefficient (Wildman–Crippen LogP) is 5.40. The molecule has 5 rings (SSSR count). The number of hydrogen-bond acceptors (Lipinski definition) is 11. The number of benzene rings is 2. The molecule has 0 saturated carbocycles. The summed E-state index contributed by atoms with van der Waals surface area (Å²) in [5, 5.41) is 11.1. The summed E-state index contributed by atoms with van der Waals surface area (Å²) >= 11 is 0. The third kappa shape index (κ3) is 9.29. The van der Waals surface area contributed by atoms with E-state index in [-0.39, 0.29) is 54.4 Å². The maximum absolute atomic E-state index is 13.7. The number of halogens is 4. The fourth-order valence-electron chi connectivity index (χ4n) is 4.97. The van der Waals surface area contributed by atoms with Gasteiger partial charge < -0.3 is 14.4 Å². The van der Waals surface area contributed by atoms with Crippen molar-refractivity contribution in [1.82, 2.24) is 14.7 Å². The molecular formula is C33H29F4N5O7S. The normalized spacial score (nSPS) is 13.3. The number of nitrogens with zero attached hydrogens (tertiary/aromatic N) is 4. The summed E-state index contributed by atoms with van der Waals surface area (Å²) in [5.41, 5.74) is -1.34. The Hall–Kier alpha value is -5.63. The van der Waals surface area contributed by atoms with Crippen molar-refractivity contribution in [3.05, 3.63) is 95.4 Å². The van der Waals surface area contributed by atoms with Crippen LogP contribution >= 0.6 is 0 Å². The molecule has 1 amide bonds. The highest BCUT2D eigenvalue weighted by atomic mass is 32.2. The van der Waals surface area contributed by atoms with Gasteiger partial charge >= 0.3 is 18.6 Å². The summed E-state index contributed by atoms with van der Waals surface area (Å²) in [6, 6.07) is 17.5. The highest BCUT2D eigenvalue weighted by molar-refractivity contribution is 7.90. The van der Waals surface area contributed by atoms with Crippen LogP contribution in [0.25, 0.3) is 10.8 Å². The van der Waals surface area contributed by atoms with Gasteiger partial charge in [-0.25, -0.2) is 36.5 Å². The summed E-state index contributed by atoms with van der Waals surface area (Å²) < 4.78 is 86.6. The van der Waals surface area contributed by atoms with E-state index in [0.29, 0.717) is 5.39 Å². The van der Waals surface area contributed by atoms with Crippen LogP contribution in [0.2, 0.25) is 0 Å². The molecule has 12 nitrogen and oxygen atoms in total. The van der Waals surface area contributed by atoms with Crippen molar-refractivity contribution in [3.8, 4) is 6.07 Å². The summed E-state index contributed by atoms with van der Waals surface area (Å²) in [7, 11) is -4.11. The molecule has 1 fully saturated rings. The van der Waals surface area contributed by atoms with Crippen molar-refractivity contribution < 1.29 is 49.8 Å². The Morgan fingerprint density at radius 2 is 1.70 bits per heavy atom. The van der Waals surface area contributed by atoms with E-state index in [0.717, 1.165) is 17.6 Å². The number of pyridine rings is 2. The van der Waals surface area contributed by atoms with Crippen LogP contribution in [0.15, 0.2) is 78.0 Å². The van der Waals surface area contributed by atoms with Crippen molar-refractivity contribution in [2.45, 2.75) is 37.7 Å². The van der Waals surface area contributed by atoms with Crippen LogP contribution in [-0.2, 0) is 24.3 Å². The minimum atomic E-state index is -4.11. The zero-order chi connectivity index (χ0) is 36.4. The number of fused-ring (bicyclic) bond motifs is 1. The Kier molecular flexibility index (Phi) is 12.4. The minimum Gasteiger partial charge on any atom is -0.462 e. The zero-order valence-electron chi connectivity index (χ0n) is 26.3. The van der Waals surface area contributed by atoms with E-state index in [1.807, 2.05) is 18.2 Å². The van der Waals surface area contributed by atoms with E-state index in [9.17, 15) is 45.6 Å². The third-order valence-corrected chi connectivity index (χ3v) is 8.72. The topological polar surface area (TPSA) is 169 Å². The van der Waals surface area contributed by atoms with E-state index >= 15 is 0 Å². The van der Waals surface area contributed by atoms with Gasteiger partial charge in [-0.2, -0.15) is 14.0 Å². The number of aromatic nitrogens is 2. The molecule has 2 aromatic carbocycles. The standard InChI is InChI=1S/C26H24F2N4O5S.C7H5F2NO2/c1-2-37-26(34)21-14-19(15-29)24(30-22(21)23(27)28)32-11-9-17(10-12-32)25(33)31-38(35,36)20-8-7-16-5-3-4-6-18(16)13-20;8-7(9)12-6(11)5-2-1-3-10-4-5/h3-8,13-14,17,23H,2,9-12H2,1H3,(H,31,33);1-4,7H. The van der Waals surface area contributed by atoms with Crippen LogP contribution < -0.4 is 9.62 Å². The van der Waals surface area contributed by atoms with Gasteiger partial charge in [0.15, 0.2) is 0 Å². The monoisotopic (exact) mass is 715 g/mol. The zero-order valence-corrected chi connectivity index (χ0v) is 27.1. The minimum absolute atomic E-state index is 0.0119. The smallest absolute Gasteiger partial charge is 0.389 e. The van der Waals surface area contributed by atoms with E-state index in [2.05, 4.69) is 19.4 Å². The summed E-state index contributed by atoms with van der Waals surface area (Å²) in [5.74, 6) is -3.42. The molecule has 4 aromatic rings. The molecule has 17 heteroatoms. The van der Waals surface area contributed by atoms with Gasteiger partial charge in [-0.1, -0.05) is 30.3 Å². The van der Waals surface area contributed by atoms with Crippen molar-refractivity contribution >= 4 is 44.5 Å². The highest BCUT2D eigenvalue weighted by Gasteiger charge is 2.32. The molecule has 2 aromatic heterocycles. The van der Waals surface area contributed by atoms with Gasteiger partial charge in [0, 0.05) is 31.4 Å². The van der Waals surface area contributed by atoms with Crippen molar-refractivity contribution in [3.63, 3.8) is 0 Å². The molecule has 3 heterocycles. The van der Waals surface area contributed by atoms with E-state index in [1.165, 1.54) is 37.4 Å². The Labute approximate surface area is 283 Å². The van der Waals surface area contributed by atoms with Crippen molar-refractivity contribution in [2.75, 3.05) is 24.6 Å². The Morgan fingerprint density at radius 3 is 2.30 bits per heavy atom. The average Bonchev–Trinajstić information content (AvgIpc) is 3.11. The summed E-state index contributed by atoms with van der Waals surface area (Å²) in [6.07, 6.45) is -0.0847. The maximum Gasteiger partial charge on any atom is 0.389 e. The molecular weight excluding hydrogens is 686 g/mol. The number of carbonyl (C=O) groups excluding carboxylic acids is 3. The first-order valence-corrected chi connectivity index (χ1v) is 16.4. The lowest BCUT2D eigenvalue weighted by Gasteiger charge is -2.33. The first-order valence-electron chi connectivity index (χ1n) is 14.9. The van der Waals surface area contributed by atoms with Crippen LogP contribution in [0.1, 0.15) is 58.2 Å². The fraction of sp³-hybridized carbons (Fsp3) is 0.273. The number of piperidine rings is 1. The number of anilines is 1. The van der Waals surface area contributed by atoms with E-state index in [4.69, 9.17) is 4.74 Å². The van der Waals surface area contributed by atoms with Gasteiger partial charge in [-0.3, -0.25) is 9.78 Å². The molecule has 0 atom stereocenters. The predicted molar refractivity (Wildman–Crippen MR) is 170 cm³/mol. The second-order valence-corrected chi connectivity index (χ2v) is 12.3. The number of amides is 1. The van der Waals surface area contributed by atoms with Gasteiger partial charge in [0.1, 0.15) is 17.6 Å². The molecule has 1 aliphatic rings. The number of carbonyl (C=O) groups is 3. The number of esters is 2. The lowest BCUT2D eigenvalue weighted by molar-refractivity contribution is -0.123. The third-order valence-electron chi connectivity index (χ3n) is 7.38. The molecule has 1 aliphatic heterocycles. The molecule has 0 radical (unpaired) electrons. The average molecular weight is 716 g/mol. The first-order chi connectivity index (χ1) is 23.8. The largest absolute Gasteiger partial charge is 0.462 e. The van der Waals surface area contributed by atoms with Gasteiger partial charge in [-0.15, -0.1) is 0 Å². The van der Waals surface area contributed by atoms with E-state index < -0.39 is 58.1 Å². The summed E-state index contributed by atoms with van der Waals surface area (Å²) in [6.45, 7) is -1.26. The second-order valence-electron chi connectivity index (χ2n) is 10.6. The van der Waals surface area contributed by atoms with Crippen LogP contribution in [0, 0.1) is 17.2 Å². The summed E-state index contributed by atoms with van der Waals surface area (Å²) in [4.78, 5) is 44.7. The Morgan fingerprint density at radius 1 is 1.00 bits per heavy atom. The maximum atomic E-state index is 13.7. The molecule has 0 unspecified atom stereocenters. The van der Waals surface area contributed by atoms with Crippen molar-refractivity contribution in [2.24, 2.45) is 5.92 Å². The SMILES string of the molecule is CCOC(=O)c1cc(C#N)c(N2CCC(C(=O)NS(=O)(=O)c3ccc4ccccc4c3)CC2)nc1C(F)F.O=C(OC(F)F)c1cccnc1.